The number of rotatable bonds is 6. The van der Waals surface area contributed by atoms with Crippen LogP contribution >= 0.6 is 0 Å². The van der Waals surface area contributed by atoms with Crippen LogP contribution in [0.15, 0.2) is 0 Å². The Labute approximate surface area is 107 Å². The van der Waals surface area contributed by atoms with E-state index < -0.39 is 41.7 Å². The van der Waals surface area contributed by atoms with E-state index in [1.54, 1.807) is 39.3 Å². The van der Waals surface area contributed by atoms with Gasteiger partial charge in [0, 0.05) is 0 Å². The van der Waals surface area contributed by atoms with Gasteiger partial charge in [-0.3, -0.25) is 0 Å². The molecule has 0 aliphatic carbocycles. The third-order valence-electron chi connectivity index (χ3n) is 1.52. The average molecular weight is 323 g/mol. The highest BCUT2D eigenvalue weighted by atomic mass is 28.5. The summed E-state index contributed by atoms with van der Waals surface area (Å²) in [6.07, 6.45) is 0. The summed E-state index contributed by atoms with van der Waals surface area (Å²) in [7, 11) is -10.1. The predicted octanol–water partition coefficient (Wildman–Crippen LogP) is 2.03. The number of halogens is 3. The highest BCUT2D eigenvalue weighted by molar-refractivity contribution is 6.81. The van der Waals surface area contributed by atoms with Crippen molar-refractivity contribution in [2.75, 3.05) is 0 Å². The predicted molar refractivity (Wildman–Crippen MR) is 71.7 cm³/mol. The summed E-state index contributed by atoms with van der Waals surface area (Å²) in [5.41, 5.74) is 0. The third kappa shape index (κ3) is 5.80. The van der Waals surface area contributed by atoms with E-state index in [9.17, 15) is 13.2 Å². The Balaban J connectivity index is 5.20. The highest BCUT2D eigenvalue weighted by Gasteiger charge is 2.66. The smallest absolute Gasteiger partial charge is 0.414 e. The van der Waals surface area contributed by atoms with Crippen LogP contribution in [0.2, 0.25) is 39.3 Å². The van der Waals surface area contributed by atoms with Gasteiger partial charge in [-0.05, 0) is 39.3 Å². The van der Waals surface area contributed by atoms with Crippen LogP contribution in [0.25, 0.3) is 0 Å². The normalized spacial score (nSPS) is 14.1. The average Bonchev–Trinajstić information content (AvgIpc) is 1.96. The zero-order chi connectivity index (χ0) is 13.9. The minimum absolute atomic E-state index is 1.70. The molecule has 0 aliphatic heterocycles. The molecule has 3 nitrogen and oxygen atoms in total. The Bertz CT molecular complexity index is 208. The lowest BCUT2D eigenvalue weighted by Crippen LogP contribution is -2.63. The maximum atomic E-state index is 13.2. The molecule has 0 rings (SSSR count). The first kappa shape index (κ1) is 17.5. The Morgan fingerprint density at radius 1 is 0.706 bits per heavy atom. The van der Waals surface area contributed by atoms with Gasteiger partial charge in [0.15, 0.2) is 27.1 Å². The van der Waals surface area contributed by atoms with Crippen molar-refractivity contribution < 1.29 is 25.5 Å². The van der Waals surface area contributed by atoms with Crippen LogP contribution in [0.1, 0.15) is 0 Å². The van der Waals surface area contributed by atoms with Gasteiger partial charge in [0.05, 0.1) is 0 Å². The fourth-order valence-electron chi connectivity index (χ4n) is 1.21. The number of hydrogen-bond acceptors (Lipinski definition) is 3. The molecule has 0 heterocycles. The molecule has 0 fully saturated rings. The molecule has 0 saturated carbocycles. The van der Waals surface area contributed by atoms with E-state index >= 15 is 0 Å². The minimum atomic E-state index is -4.52. The van der Waals surface area contributed by atoms with Crippen molar-refractivity contribution in [3.8, 4) is 0 Å². The van der Waals surface area contributed by atoms with Gasteiger partial charge < -0.3 is 12.3 Å². The topological polar surface area (TPSA) is 27.7 Å². The monoisotopic (exact) mass is 322 g/mol. The van der Waals surface area contributed by atoms with Crippen molar-refractivity contribution in [1.29, 1.82) is 0 Å². The van der Waals surface area contributed by atoms with Gasteiger partial charge in [-0.15, -0.1) is 0 Å². The maximum Gasteiger partial charge on any atom is 0.584 e. The van der Waals surface area contributed by atoms with Crippen LogP contribution in [-0.2, 0) is 12.3 Å². The largest absolute Gasteiger partial charge is 0.584 e. The molecule has 0 aliphatic rings. The molecule has 0 bridgehead atoms. The molecule has 0 atom stereocenters. The molecular weight excluding hydrogens is 301 g/mol. The SMILES string of the molecule is C[SiH](C)O[Si](O[SiH](C)C)(O[SiH](C)C)C(F)(F)F. The van der Waals surface area contributed by atoms with Gasteiger partial charge in [-0.2, -0.15) is 13.2 Å². The number of alkyl halides is 3. The summed E-state index contributed by atoms with van der Waals surface area (Å²) in [4.78, 5) is 0. The molecule has 0 aromatic rings. The summed E-state index contributed by atoms with van der Waals surface area (Å²) in [5.74, 6) is -4.52. The molecule has 0 spiro atoms. The first-order valence-corrected chi connectivity index (χ1v) is 15.7. The molecule has 0 aromatic carbocycles. The molecule has 104 valence electrons. The summed E-state index contributed by atoms with van der Waals surface area (Å²) < 4.78 is 55.2. The Morgan fingerprint density at radius 3 is 1.06 bits per heavy atom. The standard InChI is InChI=1S/C7H21F3O3Si4/c1-14(2)11-17(7(8,9)10,12-15(3)4)13-16(5)6/h14-16H,1-6H3. The molecule has 0 saturated heterocycles. The summed E-state index contributed by atoms with van der Waals surface area (Å²) >= 11 is 0. The molecule has 0 unspecified atom stereocenters. The lowest BCUT2D eigenvalue weighted by Gasteiger charge is -2.35. The summed E-state index contributed by atoms with van der Waals surface area (Å²) in [5, 5.41) is 0. The van der Waals surface area contributed by atoms with Gasteiger partial charge in [-0.25, -0.2) is 0 Å². The van der Waals surface area contributed by atoms with Gasteiger partial charge in [0.1, 0.15) is 0 Å². The molecule has 0 N–H and O–H groups in total. The summed E-state index contributed by atoms with van der Waals surface area (Å²) in [6.45, 7) is 10.2. The fraction of sp³-hybridized carbons (Fsp3) is 1.00. The van der Waals surface area contributed by atoms with Crippen LogP contribution in [0.3, 0.4) is 0 Å². The number of hydrogen-bond donors (Lipinski definition) is 0. The summed E-state index contributed by atoms with van der Waals surface area (Å²) in [6, 6.07) is 0. The quantitative estimate of drug-likeness (QED) is 0.700. The molecule has 0 amide bonds. The van der Waals surface area contributed by atoms with Crippen LogP contribution in [0, 0.1) is 0 Å². The van der Waals surface area contributed by atoms with Crippen molar-refractivity contribution in [3.05, 3.63) is 0 Å². The first-order chi connectivity index (χ1) is 7.50. The van der Waals surface area contributed by atoms with Crippen molar-refractivity contribution in [3.63, 3.8) is 0 Å². The van der Waals surface area contributed by atoms with Crippen molar-refractivity contribution in [2.24, 2.45) is 0 Å². The van der Waals surface area contributed by atoms with E-state index in [4.69, 9.17) is 12.3 Å². The van der Waals surface area contributed by atoms with Gasteiger partial charge in [-0.1, -0.05) is 0 Å². The van der Waals surface area contributed by atoms with E-state index in [1.807, 2.05) is 0 Å². The van der Waals surface area contributed by atoms with Crippen LogP contribution in [0.4, 0.5) is 13.2 Å². The van der Waals surface area contributed by atoms with Gasteiger partial charge in [0.25, 0.3) is 0 Å². The second-order valence-corrected chi connectivity index (χ2v) is 15.4. The lowest BCUT2D eigenvalue weighted by molar-refractivity contribution is -0.101. The molecule has 10 heteroatoms. The first-order valence-electron chi connectivity index (χ1n) is 5.60. The lowest BCUT2D eigenvalue weighted by atomic mass is 11.5. The van der Waals surface area contributed by atoms with Crippen LogP contribution in [-0.4, -0.2) is 41.7 Å². The molecule has 0 aromatic heterocycles. The fourth-order valence-corrected chi connectivity index (χ4v) is 12.4. The van der Waals surface area contributed by atoms with Gasteiger partial charge in [0.2, 0.25) is 0 Å². The Morgan fingerprint density at radius 2 is 0.941 bits per heavy atom. The zero-order valence-electron chi connectivity index (χ0n) is 11.1. The Kier molecular flexibility index (Phi) is 6.84. The van der Waals surface area contributed by atoms with Crippen molar-refractivity contribution in [2.45, 2.75) is 45.1 Å². The Hall–Kier alpha value is 0.538. The van der Waals surface area contributed by atoms with E-state index in [0.717, 1.165) is 0 Å². The molecular formula is C7H21F3O3Si4. The molecule has 0 radical (unpaired) electrons. The van der Waals surface area contributed by atoms with E-state index in [0.29, 0.717) is 0 Å². The second-order valence-electron chi connectivity index (χ2n) is 4.55. The van der Waals surface area contributed by atoms with E-state index in [1.165, 1.54) is 0 Å². The van der Waals surface area contributed by atoms with Crippen molar-refractivity contribution >= 4 is 35.9 Å². The highest BCUT2D eigenvalue weighted by Crippen LogP contribution is 2.33. The van der Waals surface area contributed by atoms with E-state index in [2.05, 4.69) is 0 Å². The van der Waals surface area contributed by atoms with E-state index in [-0.39, 0.29) is 0 Å². The van der Waals surface area contributed by atoms with Crippen LogP contribution < -0.4 is 0 Å². The van der Waals surface area contributed by atoms with Crippen molar-refractivity contribution in [1.82, 2.24) is 0 Å². The van der Waals surface area contributed by atoms with Crippen LogP contribution in [0.5, 0.6) is 0 Å². The third-order valence-corrected chi connectivity index (χ3v) is 11.6. The van der Waals surface area contributed by atoms with Gasteiger partial charge >= 0.3 is 14.6 Å². The maximum absolute atomic E-state index is 13.2. The minimum Gasteiger partial charge on any atom is -0.414 e. The zero-order valence-corrected chi connectivity index (χ0v) is 15.6. The second kappa shape index (κ2) is 6.63. The molecule has 17 heavy (non-hydrogen) atoms.